The molecule has 0 fully saturated rings. The highest BCUT2D eigenvalue weighted by atomic mass is 16.3. The zero-order valence-electron chi connectivity index (χ0n) is 16.5. The molecule has 0 radical (unpaired) electrons. The van der Waals surface area contributed by atoms with Gasteiger partial charge in [-0.2, -0.15) is 10.1 Å². The van der Waals surface area contributed by atoms with Crippen molar-refractivity contribution in [3.05, 3.63) is 72.8 Å². The van der Waals surface area contributed by atoms with Crippen molar-refractivity contribution in [1.82, 2.24) is 25.1 Å². The third-order valence-electron chi connectivity index (χ3n) is 5.36. The molecule has 0 bridgehead atoms. The van der Waals surface area contributed by atoms with E-state index in [4.69, 9.17) is 4.42 Å². The average Bonchev–Trinajstić information content (AvgIpc) is 3.53. The lowest BCUT2D eigenvalue weighted by Crippen LogP contribution is -2.08. The summed E-state index contributed by atoms with van der Waals surface area (Å²) < 4.78 is 5.63. The molecule has 4 N–H and O–H groups in total. The van der Waals surface area contributed by atoms with Crippen LogP contribution >= 0.6 is 0 Å². The summed E-state index contributed by atoms with van der Waals surface area (Å²) in [7, 11) is 0. The fourth-order valence-electron chi connectivity index (χ4n) is 3.84. The number of aromatic nitrogens is 5. The van der Waals surface area contributed by atoms with E-state index in [0.29, 0.717) is 17.3 Å². The molecule has 0 aliphatic heterocycles. The highest BCUT2D eigenvalue weighted by molar-refractivity contribution is 5.86. The normalized spacial score (nSPS) is 11.5. The Balaban J connectivity index is 1.24. The topological polar surface area (TPSA) is 107 Å². The van der Waals surface area contributed by atoms with E-state index in [-0.39, 0.29) is 0 Å². The number of furan rings is 1. The third kappa shape index (κ3) is 3.24. The number of nitrogens with one attached hydrogen (secondary N) is 4. The Kier molecular flexibility index (Phi) is 4.05. The molecule has 0 spiro atoms. The van der Waals surface area contributed by atoms with Gasteiger partial charge in [0, 0.05) is 40.8 Å². The minimum absolute atomic E-state index is 0.506. The van der Waals surface area contributed by atoms with E-state index in [1.807, 2.05) is 30.3 Å². The fourth-order valence-corrected chi connectivity index (χ4v) is 3.84. The Morgan fingerprint density at radius 1 is 1.00 bits per heavy atom. The van der Waals surface area contributed by atoms with Crippen LogP contribution in [-0.2, 0) is 6.42 Å². The summed E-state index contributed by atoms with van der Waals surface area (Å²) in [4.78, 5) is 12.6. The molecule has 0 saturated carbocycles. The van der Waals surface area contributed by atoms with Crippen LogP contribution < -0.4 is 10.6 Å². The zero-order valence-corrected chi connectivity index (χ0v) is 16.5. The highest BCUT2D eigenvalue weighted by Crippen LogP contribution is 2.26. The summed E-state index contributed by atoms with van der Waals surface area (Å²) in [5.74, 6) is 1.17. The molecule has 4 aromatic heterocycles. The number of hydrogen-bond acceptors (Lipinski definition) is 6. The molecule has 0 aliphatic carbocycles. The lowest BCUT2D eigenvalue weighted by atomic mass is 10.1. The van der Waals surface area contributed by atoms with E-state index in [1.165, 1.54) is 10.9 Å². The van der Waals surface area contributed by atoms with Crippen molar-refractivity contribution in [1.29, 1.82) is 0 Å². The molecule has 6 rings (SSSR count). The number of hydrogen-bond donors (Lipinski definition) is 4. The maximum atomic E-state index is 5.63. The van der Waals surface area contributed by atoms with Crippen LogP contribution in [0.15, 0.2) is 71.6 Å². The van der Waals surface area contributed by atoms with Crippen molar-refractivity contribution in [3.8, 4) is 0 Å². The van der Waals surface area contributed by atoms with Gasteiger partial charge in [0.15, 0.2) is 11.4 Å². The number of rotatable bonds is 6. The van der Waals surface area contributed by atoms with Crippen LogP contribution in [0.3, 0.4) is 0 Å². The van der Waals surface area contributed by atoms with Gasteiger partial charge in [0.1, 0.15) is 5.52 Å². The molecule has 2 aromatic carbocycles. The number of benzene rings is 2. The van der Waals surface area contributed by atoms with Crippen LogP contribution in [0, 0.1) is 0 Å². The molecular formula is C23H19N7O. The summed E-state index contributed by atoms with van der Waals surface area (Å²) in [6, 6.07) is 16.1. The molecule has 152 valence electrons. The summed E-state index contributed by atoms with van der Waals surface area (Å²) in [6.07, 6.45) is 6.34. The number of nitrogens with zero attached hydrogens (tertiary/aromatic N) is 3. The lowest BCUT2D eigenvalue weighted by molar-refractivity contribution is 0.614. The minimum Gasteiger partial charge on any atom is -0.459 e. The molecule has 8 heteroatoms. The van der Waals surface area contributed by atoms with E-state index in [0.717, 1.165) is 40.6 Å². The first kappa shape index (κ1) is 17.5. The zero-order chi connectivity index (χ0) is 20.6. The van der Waals surface area contributed by atoms with E-state index >= 15 is 0 Å². The van der Waals surface area contributed by atoms with E-state index in [9.17, 15) is 0 Å². The number of aromatic amines is 2. The molecule has 0 saturated heterocycles. The Hall–Kier alpha value is -4.33. The molecule has 8 nitrogen and oxygen atoms in total. The predicted octanol–water partition coefficient (Wildman–Crippen LogP) is 4.98. The molecular weight excluding hydrogens is 390 g/mol. The van der Waals surface area contributed by atoms with Gasteiger partial charge in [-0.05, 0) is 36.2 Å². The summed E-state index contributed by atoms with van der Waals surface area (Å²) in [6.45, 7) is 0.717. The Bertz CT molecular complexity index is 1510. The molecule has 0 unspecified atom stereocenters. The van der Waals surface area contributed by atoms with Gasteiger partial charge in [0.05, 0.1) is 18.0 Å². The quantitative estimate of drug-likeness (QED) is 0.309. The second-order valence-corrected chi connectivity index (χ2v) is 7.36. The Labute approximate surface area is 176 Å². The van der Waals surface area contributed by atoms with Gasteiger partial charge in [-0.3, -0.25) is 5.10 Å². The number of para-hydroxylation sites is 1. The first-order chi connectivity index (χ1) is 15.3. The molecule has 4 heterocycles. The second-order valence-electron chi connectivity index (χ2n) is 7.36. The van der Waals surface area contributed by atoms with Gasteiger partial charge >= 0.3 is 0 Å². The van der Waals surface area contributed by atoms with Crippen molar-refractivity contribution in [3.63, 3.8) is 0 Å². The lowest BCUT2D eigenvalue weighted by Gasteiger charge is -2.09. The molecule has 0 atom stereocenters. The van der Waals surface area contributed by atoms with Crippen molar-refractivity contribution in [2.45, 2.75) is 6.42 Å². The summed E-state index contributed by atoms with van der Waals surface area (Å²) in [5.41, 5.74) is 5.68. The molecule has 0 amide bonds. The number of H-pyrrole nitrogens is 2. The van der Waals surface area contributed by atoms with E-state index < -0.39 is 0 Å². The Morgan fingerprint density at radius 2 is 1.97 bits per heavy atom. The van der Waals surface area contributed by atoms with Crippen molar-refractivity contribution < 1.29 is 4.42 Å². The SMILES string of the molecule is c1ccc2c(CCNc3nc(Nc4ccc5[nH]ncc5c4)nc4ccoc34)c[nH]c2c1. The summed E-state index contributed by atoms with van der Waals surface area (Å²) >= 11 is 0. The van der Waals surface area contributed by atoms with Crippen LogP contribution in [0.1, 0.15) is 5.56 Å². The van der Waals surface area contributed by atoms with Crippen LogP contribution in [0.25, 0.3) is 32.9 Å². The number of fused-ring (bicyclic) bond motifs is 3. The maximum absolute atomic E-state index is 5.63. The Morgan fingerprint density at radius 3 is 2.97 bits per heavy atom. The number of anilines is 3. The van der Waals surface area contributed by atoms with Gasteiger partial charge in [0.2, 0.25) is 5.95 Å². The molecule has 6 aromatic rings. The van der Waals surface area contributed by atoms with Crippen LogP contribution in [0.4, 0.5) is 17.5 Å². The van der Waals surface area contributed by atoms with Gasteiger partial charge in [0.25, 0.3) is 0 Å². The molecule has 31 heavy (non-hydrogen) atoms. The largest absolute Gasteiger partial charge is 0.459 e. The van der Waals surface area contributed by atoms with Crippen LogP contribution in [0.2, 0.25) is 0 Å². The first-order valence-electron chi connectivity index (χ1n) is 10.1. The predicted molar refractivity (Wildman–Crippen MR) is 122 cm³/mol. The summed E-state index contributed by atoms with van der Waals surface area (Å²) in [5, 5.41) is 16.0. The molecule has 0 aliphatic rings. The van der Waals surface area contributed by atoms with E-state index in [1.54, 1.807) is 12.5 Å². The first-order valence-corrected chi connectivity index (χ1v) is 10.1. The van der Waals surface area contributed by atoms with Crippen molar-refractivity contribution in [2.75, 3.05) is 17.2 Å². The van der Waals surface area contributed by atoms with Crippen molar-refractivity contribution in [2.24, 2.45) is 0 Å². The highest BCUT2D eigenvalue weighted by Gasteiger charge is 2.12. The third-order valence-corrected chi connectivity index (χ3v) is 5.36. The van der Waals surface area contributed by atoms with Crippen LogP contribution in [0.5, 0.6) is 0 Å². The van der Waals surface area contributed by atoms with Gasteiger partial charge in [-0.1, -0.05) is 18.2 Å². The van der Waals surface area contributed by atoms with E-state index in [2.05, 4.69) is 60.2 Å². The average molecular weight is 409 g/mol. The smallest absolute Gasteiger partial charge is 0.229 e. The van der Waals surface area contributed by atoms with Gasteiger partial charge < -0.3 is 20.0 Å². The standard InChI is InChI=1S/C23H19N7O/c1-2-4-19-17(3-1)14(12-25-19)7-9-24-22-21-20(8-10-31-21)28-23(29-22)27-16-5-6-18-15(11-16)13-26-30-18/h1-6,8,10-13,25H,7,9H2,(H,26,30)(H2,24,27,28,29). The fraction of sp³-hybridized carbons (Fsp3) is 0.0870. The second kappa shape index (κ2) is 7.17. The van der Waals surface area contributed by atoms with Crippen molar-refractivity contribution >= 4 is 50.4 Å². The maximum Gasteiger partial charge on any atom is 0.229 e. The van der Waals surface area contributed by atoms with Gasteiger partial charge in [-0.15, -0.1) is 0 Å². The van der Waals surface area contributed by atoms with Gasteiger partial charge in [-0.25, -0.2) is 4.98 Å². The minimum atomic E-state index is 0.506. The van der Waals surface area contributed by atoms with Crippen LogP contribution in [-0.4, -0.2) is 31.7 Å². The monoisotopic (exact) mass is 409 g/mol.